The molecule has 3 rings (SSSR count). The van der Waals surface area contributed by atoms with Crippen LogP contribution in [0.15, 0.2) is 29.8 Å². The number of aromatic nitrogens is 1. The van der Waals surface area contributed by atoms with E-state index >= 15 is 0 Å². The number of benzene rings is 1. The predicted molar refractivity (Wildman–Crippen MR) is 135 cm³/mol. The van der Waals surface area contributed by atoms with Crippen LogP contribution in [0.25, 0.3) is 5.76 Å². The number of carbonyl (C=O) groups is 3. The van der Waals surface area contributed by atoms with Gasteiger partial charge in [0.15, 0.2) is 0 Å². The lowest BCUT2D eigenvalue weighted by Gasteiger charge is -2.29. The van der Waals surface area contributed by atoms with E-state index in [2.05, 4.69) is 32.7 Å². The van der Waals surface area contributed by atoms with Gasteiger partial charge in [-0.05, 0) is 55.9 Å². The first-order valence-corrected chi connectivity index (χ1v) is 12.5. The number of ketones is 1. The van der Waals surface area contributed by atoms with Gasteiger partial charge in [-0.15, -0.1) is 0 Å². The van der Waals surface area contributed by atoms with Gasteiger partial charge in [-0.2, -0.15) is 0 Å². The van der Waals surface area contributed by atoms with Crippen molar-refractivity contribution in [2.45, 2.75) is 53.5 Å². The van der Waals surface area contributed by atoms with Crippen LogP contribution in [0.1, 0.15) is 78.1 Å². The molecule has 1 fully saturated rings. The van der Waals surface area contributed by atoms with Crippen molar-refractivity contribution in [3.63, 3.8) is 0 Å². The molecule has 0 bridgehead atoms. The summed E-state index contributed by atoms with van der Waals surface area (Å²) < 4.78 is 4.82. The van der Waals surface area contributed by atoms with E-state index in [4.69, 9.17) is 4.74 Å². The van der Waals surface area contributed by atoms with Crippen molar-refractivity contribution >= 4 is 23.4 Å². The van der Waals surface area contributed by atoms with E-state index in [0.29, 0.717) is 30.3 Å². The second-order valence-electron chi connectivity index (χ2n) is 9.62. The number of likely N-dealkylation sites (N-methyl/N-ethyl adjacent to an activating group) is 1. The van der Waals surface area contributed by atoms with Gasteiger partial charge in [0, 0.05) is 11.3 Å². The van der Waals surface area contributed by atoms with Crippen LogP contribution in [0.5, 0.6) is 0 Å². The molecule has 1 amide bonds. The van der Waals surface area contributed by atoms with E-state index in [9.17, 15) is 19.5 Å². The molecule has 1 unspecified atom stereocenters. The zero-order valence-corrected chi connectivity index (χ0v) is 22.3. The quantitative estimate of drug-likeness (QED) is 0.238. The Morgan fingerprint density at radius 3 is 2.28 bits per heavy atom. The monoisotopic (exact) mass is 495 g/mol. The molecule has 1 saturated heterocycles. The highest BCUT2D eigenvalue weighted by Gasteiger charge is 2.44. The van der Waals surface area contributed by atoms with Crippen molar-refractivity contribution in [3.8, 4) is 0 Å². The third-order valence-electron chi connectivity index (χ3n) is 7.21. The second-order valence-corrected chi connectivity index (χ2v) is 9.62. The van der Waals surface area contributed by atoms with Crippen molar-refractivity contribution in [1.29, 1.82) is 0 Å². The summed E-state index contributed by atoms with van der Waals surface area (Å²) in [5.41, 5.74) is 3.01. The van der Waals surface area contributed by atoms with E-state index in [0.717, 1.165) is 24.2 Å². The van der Waals surface area contributed by atoms with E-state index in [1.807, 2.05) is 24.3 Å². The van der Waals surface area contributed by atoms with Gasteiger partial charge in [0.05, 0.1) is 39.3 Å². The van der Waals surface area contributed by atoms with Crippen LogP contribution in [-0.2, 0) is 14.3 Å². The molecule has 8 nitrogen and oxygen atoms in total. The number of likely N-dealkylation sites (tertiary alicyclic amines) is 1. The summed E-state index contributed by atoms with van der Waals surface area (Å²) in [5, 5.41) is 13.9. The first-order chi connectivity index (χ1) is 17.1. The minimum Gasteiger partial charge on any atom is -0.872 e. The molecule has 36 heavy (non-hydrogen) atoms. The van der Waals surface area contributed by atoms with E-state index in [1.165, 1.54) is 16.9 Å². The fourth-order valence-electron chi connectivity index (χ4n) is 4.92. The van der Waals surface area contributed by atoms with Gasteiger partial charge < -0.3 is 24.6 Å². The maximum atomic E-state index is 13.9. The highest BCUT2D eigenvalue weighted by molar-refractivity contribution is 6.46. The number of hydrogen-bond donors (Lipinski definition) is 2. The number of carbonyl (C=O) groups excluding carboxylic acids is 3. The molecule has 1 aliphatic heterocycles. The number of rotatable bonds is 9. The molecule has 2 aromatic rings. The van der Waals surface area contributed by atoms with Crippen molar-refractivity contribution in [2.24, 2.45) is 0 Å². The Hall–Kier alpha value is -3.39. The van der Waals surface area contributed by atoms with Crippen molar-refractivity contribution in [2.75, 3.05) is 33.3 Å². The number of Topliss-reactive ketones (excluding diaryl/α,β-unsaturated/α-hetero) is 1. The van der Waals surface area contributed by atoms with Crippen LogP contribution in [-0.4, -0.2) is 60.8 Å². The molecule has 2 N–H and O–H groups in total. The van der Waals surface area contributed by atoms with Crippen molar-refractivity contribution in [1.82, 2.24) is 9.88 Å². The number of amides is 1. The minimum atomic E-state index is -0.788. The van der Waals surface area contributed by atoms with Gasteiger partial charge in [0.1, 0.15) is 5.69 Å². The van der Waals surface area contributed by atoms with Gasteiger partial charge in [-0.1, -0.05) is 43.9 Å². The maximum absolute atomic E-state index is 13.9. The Balaban J connectivity index is 2.18. The van der Waals surface area contributed by atoms with E-state index in [1.54, 1.807) is 13.8 Å². The Kier molecular flexibility index (Phi) is 8.40. The first-order valence-electron chi connectivity index (χ1n) is 12.5. The summed E-state index contributed by atoms with van der Waals surface area (Å²) in [7, 11) is 1.26. The van der Waals surface area contributed by atoms with Crippen LogP contribution >= 0.6 is 0 Å². The summed E-state index contributed by atoms with van der Waals surface area (Å²) in [4.78, 5) is 44.5. The normalized spacial score (nSPS) is 17.5. The Morgan fingerprint density at radius 1 is 1.14 bits per heavy atom. The van der Waals surface area contributed by atoms with Crippen LogP contribution in [0.3, 0.4) is 0 Å². The number of hydrogen-bond acceptors (Lipinski definition) is 5. The maximum Gasteiger partial charge on any atom is 0.354 e. The molecule has 2 heterocycles. The molecule has 1 aromatic carbocycles. The molecule has 0 radical (unpaired) electrons. The number of nitrogens with one attached hydrogen (secondary N) is 2. The third kappa shape index (κ3) is 4.95. The first kappa shape index (κ1) is 27.2. The van der Waals surface area contributed by atoms with E-state index < -0.39 is 29.5 Å². The third-order valence-corrected chi connectivity index (χ3v) is 7.21. The number of esters is 1. The largest absolute Gasteiger partial charge is 0.872 e. The Morgan fingerprint density at radius 2 is 1.75 bits per heavy atom. The van der Waals surface area contributed by atoms with E-state index in [-0.39, 0.29) is 16.8 Å². The van der Waals surface area contributed by atoms with Gasteiger partial charge in [-0.25, -0.2) is 4.79 Å². The SMILES string of the molecule is CC[NH+](CC)CCN1C(=O)C(=O)C(=C([O-])c2c(C)[nH]c(C(=O)OC)c2C)C1c1ccc(C(C)C)cc1. The molecular formula is C28H37N3O5. The molecule has 8 heteroatoms. The Bertz CT molecular complexity index is 1170. The number of aromatic amines is 1. The summed E-state index contributed by atoms with van der Waals surface area (Å²) in [6.07, 6.45) is 0. The molecule has 0 saturated carbocycles. The average Bonchev–Trinajstić information content (AvgIpc) is 3.30. The van der Waals surface area contributed by atoms with Crippen molar-refractivity contribution in [3.05, 3.63) is 63.5 Å². The summed E-state index contributed by atoms with van der Waals surface area (Å²) in [5.74, 6) is -2.27. The van der Waals surface area contributed by atoms with Crippen LogP contribution in [0.2, 0.25) is 0 Å². The standard InChI is InChI=1S/C28H37N3O5/c1-8-30(9-2)14-15-31-24(20-12-10-19(11-13-20)16(3)4)22(26(33)27(31)34)25(32)21-17(5)23(28(35)36-7)29-18(21)6/h10-13,16,24,29,32H,8-9,14-15H2,1-7H3. The summed E-state index contributed by atoms with van der Waals surface area (Å²) in [6, 6.07) is 6.96. The number of aryl methyl sites for hydroxylation is 1. The summed E-state index contributed by atoms with van der Waals surface area (Å²) >= 11 is 0. The van der Waals surface area contributed by atoms with Gasteiger partial charge in [-0.3, -0.25) is 9.59 Å². The molecule has 1 aliphatic rings. The molecule has 194 valence electrons. The van der Waals surface area contributed by atoms with Crippen molar-refractivity contribution < 1.29 is 29.1 Å². The van der Waals surface area contributed by atoms with Crippen LogP contribution in [0.4, 0.5) is 0 Å². The van der Waals surface area contributed by atoms with Crippen LogP contribution < -0.4 is 10.0 Å². The fourth-order valence-corrected chi connectivity index (χ4v) is 4.92. The zero-order valence-electron chi connectivity index (χ0n) is 22.3. The zero-order chi connectivity index (χ0) is 26.7. The minimum absolute atomic E-state index is 0.0755. The topological polar surface area (TPSA) is 107 Å². The highest BCUT2D eigenvalue weighted by Crippen LogP contribution is 2.40. The average molecular weight is 496 g/mol. The Labute approximate surface area is 212 Å². The lowest BCUT2D eigenvalue weighted by molar-refractivity contribution is -0.895. The smallest absolute Gasteiger partial charge is 0.354 e. The lowest BCUT2D eigenvalue weighted by Crippen LogP contribution is -3.12. The molecule has 1 atom stereocenters. The molecular weight excluding hydrogens is 458 g/mol. The van der Waals surface area contributed by atoms with Gasteiger partial charge in [0.25, 0.3) is 5.91 Å². The fraction of sp³-hybridized carbons (Fsp3) is 0.464. The van der Waals surface area contributed by atoms with Gasteiger partial charge in [0.2, 0.25) is 5.78 Å². The number of nitrogens with zero attached hydrogens (tertiary/aromatic N) is 1. The number of H-pyrrole nitrogens is 1. The second kappa shape index (κ2) is 11.1. The molecule has 0 spiro atoms. The molecule has 1 aromatic heterocycles. The lowest BCUT2D eigenvalue weighted by atomic mass is 9.92. The van der Waals surface area contributed by atoms with Crippen LogP contribution in [0, 0.1) is 13.8 Å². The molecule has 0 aliphatic carbocycles. The van der Waals surface area contributed by atoms with Gasteiger partial charge >= 0.3 is 5.97 Å². The predicted octanol–water partition coefficient (Wildman–Crippen LogP) is 1.69. The highest BCUT2D eigenvalue weighted by atomic mass is 16.5. The summed E-state index contributed by atoms with van der Waals surface area (Å²) in [6.45, 7) is 14.5. The number of ether oxygens (including phenoxy) is 1. The number of quaternary nitrogens is 1. The number of methoxy groups -OCH3 is 1.